The standard InChI is InChI=1S/C24H26Cl2FN5O/c1-13(22-19(25)4-5-20(27)23(22)26)33-21-7-16(10-30-24(21)28)17-11-31-32(12-17)18-3-2-14-8-29-9-15(14)6-18/h4-5,7,10-15,18,29H,2-3,6,8-9H2,1H3,(H2,28,30)/t13-,14?,15?,18?/m1/s1. The van der Waals surface area contributed by atoms with E-state index in [0.717, 1.165) is 48.9 Å². The number of nitrogens with zero attached hydrogens (tertiary/aromatic N) is 3. The molecule has 0 spiro atoms. The second kappa shape index (κ2) is 9.12. The third-order valence-corrected chi connectivity index (χ3v) is 7.62. The van der Waals surface area contributed by atoms with Crippen LogP contribution in [0, 0.1) is 17.7 Å². The first kappa shape index (κ1) is 22.4. The van der Waals surface area contributed by atoms with Crippen LogP contribution in [-0.4, -0.2) is 27.9 Å². The largest absolute Gasteiger partial charge is 0.482 e. The molecule has 0 bridgehead atoms. The van der Waals surface area contributed by atoms with E-state index in [9.17, 15) is 4.39 Å². The van der Waals surface area contributed by atoms with E-state index in [1.165, 1.54) is 18.6 Å². The van der Waals surface area contributed by atoms with Crippen molar-refractivity contribution < 1.29 is 9.13 Å². The predicted molar refractivity (Wildman–Crippen MR) is 128 cm³/mol. The second-order valence-electron chi connectivity index (χ2n) is 8.98. The Bertz CT molecular complexity index is 1170. The van der Waals surface area contributed by atoms with Crippen molar-refractivity contribution in [2.24, 2.45) is 11.8 Å². The monoisotopic (exact) mass is 489 g/mol. The Morgan fingerprint density at radius 3 is 2.85 bits per heavy atom. The van der Waals surface area contributed by atoms with Crippen LogP contribution in [0.1, 0.15) is 43.9 Å². The van der Waals surface area contributed by atoms with E-state index in [1.807, 2.05) is 12.3 Å². The highest BCUT2D eigenvalue weighted by Crippen LogP contribution is 2.40. The molecule has 2 aromatic heterocycles. The first-order chi connectivity index (χ1) is 15.9. The van der Waals surface area contributed by atoms with Crippen LogP contribution >= 0.6 is 23.2 Å². The molecular weight excluding hydrogens is 464 g/mol. The van der Waals surface area contributed by atoms with Crippen LogP contribution in [-0.2, 0) is 0 Å². The van der Waals surface area contributed by atoms with Gasteiger partial charge in [0.15, 0.2) is 11.6 Å². The van der Waals surface area contributed by atoms with Gasteiger partial charge in [0, 0.05) is 34.1 Å². The summed E-state index contributed by atoms with van der Waals surface area (Å²) in [4.78, 5) is 4.30. The molecule has 33 heavy (non-hydrogen) atoms. The maximum Gasteiger partial charge on any atom is 0.166 e. The number of nitrogens with two attached hydrogens (primary N) is 1. The second-order valence-corrected chi connectivity index (χ2v) is 9.76. The molecule has 3 heterocycles. The Morgan fingerprint density at radius 1 is 1.18 bits per heavy atom. The smallest absolute Gasteiger partial charge is 0.166 e. The summed E-state index contributed by atoms with van der Waals surface area (Å²) in [7, 11) is 0. The lowest BCUT2D eigenvalue weighted by molar-refractivity contribution is 0.215. The number of halogens is 3. The van der Waals surface area contributed by atoms with Gasteiger partial charge in [-0.2, -0.15) is 5.10 Å². The number of nitrogens with one attached hydrogen (secondary N) is 1. The number of hydrogen-bond acceptors (Lipinski definition) is 5. The van der Waals surface area contributed by atoms with Gasteiger partial charge in [-0.05, 0) is 69.3 Å². The number of pyridine rings is 1. The van der Waals surface area contributed by atoms with Gasteiger partial charge < -0.3 is 15.8 Å². The number of aromatic nitrogens is 3. The summed E-state index contributed by atoms with van der Waals surface area (Å²) in [6.07, 6.45) is 8.52. The van der Waals surface area contributed by atoms with Gasteiger partial charge in [0.1, 0.15) is 11.9 Å². The molecule has 2 aliphatic rings. The molecule has 5 rings (SSSR count). The molecule has 1 aliphatic carbocycles. The van der Waals surface area contributed by atoms with E-state index in [0.29, 0.717) is 22.4 Å². The topological polar surface area (TPSA) is 78.0 Å². The maximum absolute atomic E-state index is 14.0. The highest BCUT2D eigenvalue weighted by Gasteiger charge is 2.34. The van der Waals surface area contributed by atoms with E-state index in [-0.39, 0.29) is 10.8 Å². The number of rotatable bonds is 5. The lowest BCUT2D eigenvalue weighted by atomic mass is 9.79. The van der Waals surface area contributed by atoms with Gasteiger partial charge in [0.2, 0.25) is 0 Å². The molecule has 6 nitrogen and oxygen atoms in total. The zero-order valence-corrected chi connectivity index (χ0v) is 19.8. The van der Waals surface area contributed by atoms with E-state index >= 15 is 0 Å². The highest BCUT2D eigenvalue weighted by atomic mass is 35.5. The molecule has 4 atom stereocenters. The summed E-state index contributed by atoms with van der Waals surface area (Å²) in [5.74, 6) is 1.59. The van der Waals surface area contributed by atoms with Crippen molar-refractivity contribution in [3.05, 3.63) is 58.2 Å². The van der Waals surface area contributed by atoms with E-state index in [1.54, 1.807) is 13.1 Å². The van der Waals surface area contributed by atoms with E-state index < -0.39 is 11.9 Å². The summed E-state index contributed by atoms with van der Waals surface area (Å²) >= 11 is 12.4. The minimum Gasteiger partial charge on any atom is -0.482 e. The molecule has 9 heteroatoms. The molecule has 0 radical (unpaired) electrons. The van der Waals surface area contributed by atoms with E-state index in [4.69, 9.17) is 33.7 Å². The van der Waals surface area contributed by atoms with Crippen molar-refractivity contribution in [1.82, 2.24) is 20.1 Å². The zero-order chi connectivity index (χ0) is 23.1. The van der Waals surface area contributed by atoms with Crippen molar-refractivity contribution in [3.63, 3.8) is 0 Å². The fraction of sp³-hybridized carbons (Fsp3) is 0.417. The van der Waals surface area contributed by atoms with Crippen LogP contribution in [0.5, 0.6) is 5.75 Å². The minimum absolute atomic E-state index is 0.0638. The van der Waals surface area contributed by atoms with Gasteiger partial charge in [0.05, 0.1) is 17.3 Å². The van der Waals surface area contributed by atoms with Crippen molar-refractivity contribution >= 4 is 29.0 Å². The van der Waals surface area contributed by atoms with Crippen LogP contribution in [0.4, 0.5) is 10.2 Å². The maximum atomic E-state index is 14.0. The SMILES string of the molecule is C[C@@H](Oc1cc(-c2cnn(C3CCC4CNCC4C3)c2)cnc1N)c1c(Cl)ccc(F)c1Cl. The van der Waals surface area contributed by atoms with Crippen LogP contribution in [0.3, 0.4) is 0 Å². The molecule has 1 saturated heterocycles. The number of fused-ring (bicyclic) bond motifs is 1. The molecule has 3 aromatic rings. The first-order valence-corrected chi connectivity index (χ1v) is 12.0. The Balaban J connectivity index is 1.36. The van der Waals surface area contributed by atoms with Crippen molar-refractivity contribution in [2.75, 3.05) is 18.8 Å². The van der Waals surface area contributed by atoms with Gasteiger partial charge in [0.25, 0.3) is 0 Å². The Hall–Kier alpha value is -2.35. The van der Waals surface area contributed by atoms with Crippen LogP contribution in [0.15, 0.2) is 36.8 Å². The van der Waals surface area contributed by atoms with Gasteiger partial charge in [-0.25, -0.2) is 9.37 Å². The predicted octanol–water partition coefficient (Wildman–Crippen LogP) is 5.67. The van der Waals surface area contributed by atoms with Crippen LogP contribution in [0.25, 0.3) is 11.1 Å². The number of anilines is 1. The quantitative estimate of drug-likeness (QED) is 0.451. The highest BCUT2D eigenvalue weighted by molar-refractivity contribution is 6.36. The lowest BCUT2D eigenvalue weighted by Gasteiger charge is -2.31. The number of nitrogen functional groups attached to an aromatic ring is 1. The fourth-order valence-electron chi connectivity index (χ4n) is 5.07. The molecule has 2 fully saturated rings. The van der Waals surface area contributed by atoms with Crippen LogP contribution in [0.2, 0.25) is 10.0 Å². The van der Waals surface area contributed by atoms with Crippen molar-refractivity contribution in [3.8, 4) is 16.9 Å². The molecule has 174 valence electrons. The summed E-state index contributed by atoms with van der Waals surface area (Å²) in [5.41, 5.74) is 8.21. The number of benzene rings is 1. The van der Waals surface area contributed by atoms with Gasteiger partial charge in [-0.15, -0.1) is 0 Å². The molecule has 1 saturated carbocycles. The third-order valence-electron chi connectivity index (χ3n) is 6.91. The summed E-state index contributed by atoms with van der Waals surface area (Å²) in [6, 6.07) is 4.92. The normalized spacial score (nSPS) is 23.3. The Labute approximate surface area is 202 Å². The fourth-order valence-corrected chi connectivity index (χ4v) is 5.75. The summed E-state index contributed by atoms with van der Waals surface area (Å²) in [5, 5.41) is 8.42. The molecule has 0 amide bonds. The van der Waals surface area contributed by atoms with Crippen LogP contribution < -0.4 is 15.8 Å². The summed E-state index contributed by atoms with van der Waals surface area (Å²) in [6.45, 7) is 3.99. The van der Waals surface area contributed by atoms with Crippen molar-refractivity contribution in [2.45, 2.75) is 38.3 Å². The Morgan fingerprint density at radius 2 is 2.00 bits per heavy atom. The number of ether oxygens (including phenoxy) is 1. The molecule has 3 unspecified atom stereocenters. The van der Waals surface area contributed by atoms with Gasteiger partial charge in [-0.3, -0.25) is 4.68 Å². The molecule has 1 aliphatic heterocycles. The zero-order valence-electron chi connectivity index (χ0n) is 18.3. The summed E-state index contributed by atoms with van der Waals surface area (Å²) < 4.78 is 22.1. The number of hydrogen-bond donors (Lipinski definition) is 2. The molecule has 1 aromatic carbocycles. The lowest BCUT2D eigenvalue weighted by Crippen LogP contribution is -2.25. The van der Waals surface area contributed by atoms with Gasteiger partial charge in [-0.1, -0.05) is 23.2 Å². The minimum atomic E-state index is -0.627. The average Bonchev–Trinajstić information content (AvgIpc) is 3.47. The Kier molecular flexibility index (Phi) is 6.20. The van der Waals surface area contributed by atoms with Crippen molar-refractivity contribution in [1.29, 1.82) is 0 Å². The average molecular weight is 490 g/mol. The molecule has 3 N–H and O–H groups in total. The third kappa shape index (κ3) is 4.42. The molecular formula is C24H26Cl2FN5O. The van der Waals surface area contributed by atoms with E-state index in [2.05, 4.69) is 26.3 Å². The van der Waals surface area contributed by atoms with Gasteiger partial charge >= 0.3 is 0 Å². The first-order valence-electron chi connectivity index (χ1n) is 11.2.